The minimum Gasteiger partial charge on any atom is -0.462 e. The van der Waals surface area contributed by atoms with Crippen LogP contribution in [0.3, 0.4) is 0 Å². The average molecular weight is 403 g/mol. The number of nitrogens with zero attached hydrogens (tertiary/aromatic N) is 3. The van der Waals surface area contributed by atoms with Crippen LogP contribution in [0.1, 0.15) is 56.3 Å². The van der Waals surface area contributed by atoms with Crippen molar-refractivity contribution in [1.82, 2.24) is 9.55 Å². The number of anilines is 1. The van der Waals surface area contributed by atoms with Crippen molar-refractivity contribution in [2.45, 2.75) is 46.0 Å². The van der Waals surface area contributed by atoms with Gasteiger partial charge in [0.15, 0.2) is 5.17 Å². The molecule has 0 saturated heterocycles. The standard InChI is InChI=1S/C20H26N4O3S/c1-3-5-6-7-11-27-18(26)14-8-9-16-15(13-14)22-19(23-17(25)4-2)24(16)20-21-10-12-28-20/h8-9,13H,3-7,10-12H2,1-2H3,(H,22,23,25). The van der Waals surface area contributed by atoms with Crippen molar-refractivity contribution in [3.63, 3.8) is 0 Å². The van der Waals surface area contributed by atoms with Crippen molar-refractivity contribution in [1.29, 1.82) is 0 Å². The Morgan fingerprint density at radius 2 is 2.11 bits per heavy atom. The van der Waals surface area contributed by atoms with E-state index < -0.39 is 0 Å². The van der Waals surface area contributed by atoms with Crippen molar-refractivity contribution in [3.8, 4) is 0 Å². The predicted molar refractivity (Wildman–Crippen MR) is 113 cm³/mol. The smallest absolute Gasteiger partial charge is 0.338 e. The number of carbonyl (C=O) groups is 2. The predicted octanol–water partition coefficient (Wildman–Crippen LogP) is 4.07. The van der Waals surface area contributed by atoms with Gasteiger partial charge in [0.25, 0.3) is 0 Å². The number of benzene rings is 1. The molecule has 0 spiro atoms. The highest BCUT2D eigenvalue weighted by Crippen LogP contribution is 2.26. The number of imidazole rings is 1. The lowest BCUT2D eigenvalue weighted by Crippen LogP contribution is -2.17. The zero-order chi connectivity index (χ0) is 19.9. The summed E-state index contributed by atoms with van der Waals surface area (Å²) in [5.74, 6) is 0.866. The number of unbranched alkanes of at least 4 members (excludes halogenated alkanes) is 3. The summed E-state index contributed by atoms with van der Waals surface area (Å²) in [6.07, 6.45) is 4.59. The fourth-order valence-corrected chi connectivity index (χ4v) is 3.80. The highest BCUT2D eigenvalue weighted by molar-refractivity contribution is 8.14. The van der Waals surface area contributed by atoms with Gasteiger partial charge in [-0.2, -0.15) is 0 Å². The molecule has 2 heterocycles. The topological polar surface area (TPSA) is 85.6 Å². The molecule has 8 heteroatoms. The first-order chi connectivity index (χ1) is 13.6. The molecule has 1 aliphatic rings. The summed E-state index contributed by atoms with van der Waals surface area (Å²) in [7, 11) is 0. The second-order valence-electron chi connectivity index (χ2n) is 6.59. The molecule has 2 aromatic rings. The van der Waals surface area contributed by atoms with E-state index in [0.717, 1.165) is 48.7 Å². The quantitative estimate of drug-likeness (QED) is 0.531. The molecule has 7 nitrogen and oxygen atoms in total. The molecule has 0 aliphatic carbocycles. The number of carbonyl (C=O) groups excluding carboxylic acids is 2. The van der Waals surface area contributed by atoms with Gasteiger partial charge in [-0.3, -0.25) is 19.7 Å². The van der Waals surface area contributed by atoms with E-state index in [9.17, 15) is 9.59 Å². The summed E-state index contributed by atoms with van der Waals surface area (Å²) < 4.78 is 7.22. The number of esters is 1. The molecule has 0 saturated carbocycles. The van der Waals surface area contributed by atoms with Crippen LogP contribution in [0.5, 0.6) is 0 Å². The molecule has 0 radical (unpaired) electrons. The van der Waals surface area contributed by atoms with E-state index in [-0.39, 0.29) is 11.9 Å². The number of hydrogen-bond acceptors (Lipinski definition) is 6. The minimum absolute atomic E-state index is 0.119. The molecule has 0 unspecified atom stereocenters. The molecule has 1 amide bonds. The Morgan fingerprint density at radius 3 is 2.82 bits per heavy atom. The molecular formula is C20H26N4O3S. The summed E-state index contributed by atoms with van der Waals surface area (Å²) in [5.41, 5.74) is 1.89. The van der Waals surface area contributed by atoms with Gasteiger partial charge in [-0.05, 0) is 24.6 Å². The van der Waals surface area contributed by atoms with Gasteiger partial charge in [0, 0.05) is 12.2 Å². The molecule has 0 bridgehead atoms. The maximum absolute atomic E-state index is 12.3. The van der Waals surface area contributed by atoms with Crippen LogP contribution in [0.2, 0.25) is 0 Å². The summed E-state index contributed by atoms with van der Waals surface area (Å²) in [5, 5.41) is 3.64. The molecule has 0 fully saturated rings. The van der Waals surface area contributed by atoms with E-state index in [0.29, 0.717) is 30.1 Å². The molecule has 28 heavy (non-hydrogen) atoms. The van der Waals surface area contributed by atoms with E-state index in [1.165, 1.54) is 0 Å². The van der Waals surface area contributed by atoms with E-state index in [1.807, 2.05) is 10.6 Å². The normalized spacial score (nSPS) is 13.6. The number of fused-ring (bicyclic) bond motifs is 1. The van der Waals surface area contributed by atoms with Gasteiger partial charge in [-0.25, -0.2) is 9.78 Å². The van der Waals surface area contributed by atoms with Gasteiger partial charge in [-0.1, -0.05) is 44.9 Å². The molecule has 1 aliphatic heterocycles. The largest absolute Gasteiger partial charge is 0.462 e. The van der Waals surface area contributed by atoms with Crippen LogP contribution < -0.4 is 5.32 Å². The summed E-state index contributed by atoms with van der Waals surface area (Å²) in [4.78, 5) is 33.3. The summed E-state index contributed by atoms with van der Waals surface area (Å²) >= 11 is 1.62. The number of aliphatic imine (C=N–C) groups is 1. The van der Waals surface area contributed by atoms with E-state index in [4.69, 9.17) is 4.74 Å². The van der Waals surface area contributed by atoms with Crippen molar-refractivity contribution >= 4 is 45.8 Å². The van der Waals surface area contributed by atoms with Crippen molar-refractivity contribution in [3.05, 3.63) is 23.8 Å². The second kappa shape index (κ2) is 9.73. The van der Waals surface area contributed by atoms with Crippen LogP contribution in [0.25, 0.3) is 11.0 Å². The third-order valence-corrected chi connectivity index (χ3v) is 5.41. The Morgan fingerprint density at radius 1 is 1.25 bits per heavy atom. The van der Waals surface area contributed by atoms with Gasteiger partial charge >= 0.3 is 5.97 Å². The number of nitrogens with one attached hydrogen (secondary N) is 1. The Kier molecular flexibility index (Phi) is 7.08. The van der Waals surface area contributed by atoms with Crippen molar-refractivity contribution in [2.75, 3.05) is 24.2 Å². The number of hydrogen-bond donors (Lipinski definition) is 1. The van der Waals surface area contributed by atoms with Crippen LogP contribution in [-0.4, -0.2) is 45.5 Å². The molecule has 1 aromatic heterocycles. The average Bonchev–Trinajstić information content (AvgIpc) is 3.34. The van der Waals surface area contributed by atoms with Gasteiger partial charge in [-0.15, -0.1) is 0 Å². The fourth-order valence-electron chi connectivity index (χ4n) is 2.93. The Bertz CT molecular complexity index is 891. The van der Waals surface area contributed by atoms with Crippen LogP contribution in [0, 0.1) is 0 Å². The Hall–Kier alpha value is -2.35. The summed E-state index contributed by atoms with van der Waals surface area (Å²) in [6.45, 7) is 5.10. The molecule has 1 aromatic carbocycles. The molecule has 1 N–H and O–H groups in total. The first kappa shape index (κ1) is 20.4. The summed E-state index contributed by atoms with van der Waals surface area (Å²) in [6, 6.07) is 5.28. The van der Waals surface area contributed by atoms with Gasteiger partial charge in [0.1, 0.15) is 0 Å². The first-order valence-electron chi connectivity index (χ1n) is 9.81. The van der Waals surface area contributed by atoms with Crippen LogP contribution in [0.15, 0.2) is 23.2 Å². The zero-order valence-corrected chi connectivity index (χ0v) is 17.2. The van der Waals surface area contributed by atoms with Crippen molar-refractivity contribution < 1.29 is 14.3 Å². The lowest BCUT2D eigenvalue weighted by molar-refractivity contribution is -0.115. The molecule has 3 rings (SSSR count). The zero-order valence-electron chi connectivity index (χ0n) is 16.4. The third-order valence-electron chi connectivity index (χ3n) is 4.45. The van der Waals surface area contributed by atoms with Gasteiger partial charge in [0.05, 0.1) is 29.7 Å². The van der Waals surface area contributed by atoms with Crippen molar-refractivity contribution in [2.24, 2.45) is 4.99 Å². The van der Waals surface area contributed by atoms with Gasteiger partial charge < -0.3 is 4.74 Å². The molecular weight excluding hydrogens is 376 g/mol. The maximum atomic E-state index is 12.3. The monoisotopic (exact) mass is 402 g/mol. The minimum atomic E-state index is -0.348. The van der Waals surface area contributed by atoms with E-state index in [2.05, 4.69) is 22.2 Å². The number of thioether (sulfide) groups is 1. The highest BCUT2D eigenvalue weighted by atomic mass is 32.2. The lowest BCUT2D eigenvalue weighted by Gasteiger charge is -2.08. The highest BCUT2D eigenvalue weighted by Gasteiger charge is 2.21. The van der Waals surface area contributed by atoms with Crippen LogP contribution in [-0.2, 0) is 9.53 Å². The Balaban J connectivity index is 1.83. The fraction of sp³-hybridized carbons (Fsp3) is 0.500. The second-order valence-corrected chi connectivity index (χ2v) is 7.65. The number of aromatic nitrogens is 2. The van der Waals surface area contributed by atoms with Gasteiger partial charge in [0.2, 0.25) is 11.9 Å². The molecule has 0 atom stereocenters. The first-order valence-corrected chi connectivity index (χ1v) is 10.8. The maximum Gasteiger partial charge on any atom is 0.338 e. The SMILES string of the molecule is CCCCCCOC(=O)c1ccc2c(c1)nc(NC(=O)CC)n2C1=NCCS1. The van der Waals surface area contributed by atoms with Crippen LogP contribution >= 0.6 is 11.8 Å². The van der Waals surface area contributed by atoms with E-state index in [1.54, 1.807) is 30.8 Å². The van der Waals surface area contributed by atoms with Crippen LogP contribution in [0.4, 0.5) is 5.95 Å². The Labute approximate surface area is 168 Å². The third kappa shape index (κ3) is 4.73. The van der Waals surface area contributed by atoms with E-state index >= 15 is 0 Å². The number of rotatable bonds is 8. The number of amides is 1. The molecule has 150 valence electrons. The number of ether oxygens (including phenoxy) is 1. The lowest BCUT2D eigenvalue weighted by atomic mass is 10.2.